The zero-order valence-electron chi connectivity index (χ0n) is 9.60. The van der Waals surface area contributed by atoms with E-state index in [-0.39, 0.29) is 28.5 Å². The average Bonchev–Trinajstić information content (AvgIpc) is 2.34. The summed E-state index contributed by atoms with van der Waals surface area (Å²) in [7, 11) is -0.0266. The Labute approximate surface area is 115 Å². The van der Waals surface area contributed by atoms with Crippen molar-refractivity contribution in [2.45, 2.75) is 11.3 Å². The summed E-state index contributed by atoms with van der Waals surface area (Å²) >= 11 is 3.20. The molecular formula is C11H12BrNO4S. The van der Waals surface area contributed by atoms with Crippen molar-refractivity contribution in [2.24, 2.45) is 0 Å². The molecule has 0 aliphatic heterocycles. The van der Waals surface area contributed by atoms with Crippen LogP contribution in [0.25, 0.3) is 0 Å². The number of carboxylic acids is 1. The lowest BCUT2D eigenvalue weighted by Crippen LogP contribution is -2.20. The molecule has 18 heavy (non-hydrogen) atoms. The first-order valence-electron chi connectivity index (χ1n) is 5.07. The Hall–Kier alpha value is -1.21. The number of aromatic carboxylic acids is 1. The van der Waals surface area contributed by atoms with Gasteiger partial charge in [-0.05, 0) is 18.2 Å². The highest BCUT2D eigenvalue weighted by Crippen LogP contribution is 2.20. The summed E-state index contributed by atoms with van der Waals surface area (Å²) in [5.74, 6) is -1.27. The van der Waals surface area contributed by atoms with Crippen molar-refractivity contribution in [3.05, 3.63) is 28.2 Å². The molecular weight excluding hydrogens is 322 g/mol. The Morgan fingerprint density at radius 2 is 2.11 bits per heavy atom. The Morgan fingerprint density at radius 3 is 2.67 bits per heavy atom. The molecule has 0 fully saturated rings. The highest BCUT2D eigenvalue weighted by atomic mass is 79.9. The summed E-state index contributed by atoms with van der Waals surface area (Å²) in [5, 5.41) is 11.4. The Morgan fingerprint density at radius 1 is 1.44 bits per heavy atom. The van der Waals surface area contributed by atoms with Crippen LogP contribution in [0.4, 0.5) is 0 Å². The van der Waals surface area contributed by atoms with E-state index < -0.39 is 16.8 Å². The molecule has 0 aliphatic rings. The minimum absolute atomic E-state index is 0.00607. The topological polar surface area (TPSA) is 83.5 Å². The van der Waals surface area contributed by atoms with Crippen LogP contribution in [0.3, 0.4) is 0 Å². The van der Waals surface area contributed by atoms with Gasteiger partial charge in [-0.2, -0.15) is 0 Å². The lowest BCUT2D eigenvalue weighted by atomic mass is 10.2. The SMILES string of the molecule is CNC(=O)CCS(=O)c1cc(Br)ccc1C(=O)O. The van der Waals surface area contributed by atoms with Crippen LogP contribution in [0.2, 0.25) is 0 Å². The average molecular weight is 334 g/mol. The van der Waals surface area contributed by atoms with Crippen LogP contribution in [0.1, 0.15) is 16.8 Å². The maximum Gasteiger partial charge on any atom is 0.336 e. The molecule has 98 valence electrons. The molecule has 1 atom stereocenters. The molecule has 0 saturated heterocycles. The molecule has 0 heterocycles. The number of nitrogens with one attached hydrogen (secondary N) is 1. The van der Waals surface area contributed by atoms with Crippen LogP contribution < -0.4 is 5.32 Å². The number of halogens is 1. The van der Waals surface area contributed by atoms with Gasteiger partial charge in [0.2, 0.25) is 5.91 Å². The third-order valence-corrected chi connectivity index (χ3v) is 4.11. The molecule has 0 aliphatic carbocycles. The smallest absolute Gasteiger partial charge is 0.336 e. The van der Waals surface area contributed by atoms with Crippen molar-refractivity contribution in [1.29, 1.82) is 0 Å². The Bertz CT molecular complexity index is 504. The third-order valence-electron chi connectivity index (χ3n) is 2.21. The summed E-state index contributed by atoms with van der Waals surface area (Å²) in [4.78, 5) is 22.3. The van der Waals surface area contributed by atoms with Crippen LogP contribution >= 0.6 is 15.9 Å². The van der Waals surface area contributed by atoms with Gasteiger partial charge in [0.05, 0.1) is 21.3 Å². The number of hydrogen-bond acceptors (Lipinski definition) is 3. The van der Waals surface area contributed by atoms with E-state index in [1.54, 1.807) is 6.07 Å². The number of hydrogen-bond donors (Lipinski definition) is 2. The maximum absolute atomic E-state index is 12.0. The van der Waals surface area contributed by atoms with E-state index in [1.165, 1.54) is 19.2 Å². The number of carbonyl (C=O) groups excluding carboxylic acids is 1. The zero-order valence-corrected chi connectivity index (χ0v) is 12.0. The summed E-state index contributed by atoms with van der Waals surface area (Å²) in [5.41, 5.74) is -0.00607. The molecule has 0 saturated carbocycles. The van der Waals surface area contributed by atoms with Crippen molar-refractivity contribution in [3.63, 3.8) is 0 Å². The third kappa shape index (κ3) is 3.92. The van der Waals surface area contributed by atoms with Crippen LogP contribution in [0.5, 0.6) is 0 Å². The minimum atomic E-state index is -1.52. The lowest BCUT2D eigenvalue weighted by Gasteiger charge is -2.06. The monoisotopic (exact) mass is 333 g/mol. The van der Waals surface area contributed by atoms with E-state index in [0.29, 0.717) is 4.47 Å². The van der Waals surface area contributed by atoms with Crippen LogP contribution in [-0.4, -0.2) is 34.0 Å². The fourth-order valence-corrected chi connectivity index (χ4v) is 3.04. The van der Waals surface area contributed by atoms with E-state index in [2.05, 4.69) is 21.2 Å². The number of benzene rings is 1. The summed E-state index contributed by atoms with van der Waals surface area (Å²) in [6.07, 6.45) is 0.0919. The number of carbonyl (C=O) groups is 2. The van der Waals surface area contributed by atoms with Crippen molar-refractivity contribution in [2.75, 3.05) is 12.8 Å². The highest BCUT2D eigenvalue weighted by molar-refractivity contribution is 9.10. The van der Waals surface area contributed by atoms with Gasteiger partial charge in [-0.25, -0.2) is 4.79 Å². The van der Waals surface area contributed by atoms with Crippen LogP contribution in [0, 0.1) is 0 Å². The number of carboxylic acid groups (broad SMARTS) is 1. The normalized spacial score (nSPS) is 11.9. The molecule has 1 aromatic rings. The zero-order chi connectivity index (χ0) is 13.7. The van der Waals surface area contributed by atoms with Crippen molar-refractivity contribution >= 4 is 38.6 Å². The first kappa shape index (κ1) is 14.8. The number of amides is 1. The molecule has 1 unspecified atom stereocenters. The van der Waals surface area contributed by atoms with Gasteiger partial charge in [-0.15, -0.1) is 0 Å². The van der Waals surface area contributed by atoms with Crippen molar-refractivity contribution in [3.8, 4) is 0 Å². The minimum Gasteiger partial charge on any atom is -0.478 e. The first-order chi connectivity index (χ1) is 8.45. The van der Waals surface area contributed by atoms with Gasteiger partial charge in [-0.3, -0.25) is 9.00 Å². The molecule has 0 spiro atoms. The van der Waals surface area contributed by atoms with E-state index in [9.17, 15) is 13.8 Å². The van der Waals surface area contributed by atoms with Gasteiger partial charge in [0.15, 0.2) is 0 Å². The fourth-order valence-electron chi connectivity index (χ4n) is 1.28. The number of rotatable bonds is 5. The van der Waals surface area contributed by atoms with E-state index >= 15 is 0 Å². The van der Waals surface area contributed by atoms with Gasteiger partial charge in [0, 0.05) is 23.7 Å². The van der Waals surface area contributed by atoms with Crippen molar-refractivity contribution in [1.82, 2.24) is 5.32 Å². The summed E-state index contributed by atoms with van der Waals surface area (Å²) in [6, 6.07) is 4.46. The highest BCUT2D eigenvalue weighted by Gasteiger charge is 2.16. The van der Waals surface area contributed by atoms with Gasteiger partial charge in [0.1, 0.15) is 0 Å². The van der Waals surface area contributed by atoms with E-state index in [4.69, 9.17) is 5.11 Å². The molecule has 7 heteroatoms. The van der Waals surface area contributed by atoms with Crippen LogP contribution in [-0.2, 0) is 15.6 Å². The van der Waals surface area contributed by atoms with Gasteiger partial charge in [-0.1, -0.05) is 15.9 Å². The molecule has 0 bridgehead atoms. The molecule has 5 nitrogen and oxygen atoms in total. The van der Waals surface area contributed by atoms with E-state index in [1.807, 2.05) is 0 Å². The Kier molecular flexibility index (Phi) is 5.49. The summed E-state index contributed by atoms with van der Waals surface area (Å²) < 4.78 is 12.6. The second kappa shape index (κ2) is 6.65. The fraction of sp³-hybridized carbons (Fsp3) is 0.273. The second-order valence-corrected chi connectivity index (χ2v) is 5.87. The van der Waals surface area contributed by atoms with Gasteiger partial charge < -0.3 is 10.4 Å². The maximum atomic E-state index is 12.0. The Balaban J connectivity index is 2.93. The molecule has 1 rings (SSSR count). The van der Waals surface area contributed by atoms with Crippen LogP contribution in [0.15, 0.2) is 27.6 Å². The van der Waals surface area contributed by atoms with E-state index in [0.717, 1.165) is 0 Å². The molecule has 1 aromatic carbocycles. The predicted octanol–water partition coefficient (Wildman–Crippen LogP) is 1.39. The van der Waals surface area contributed by atoms with Crippen molar-refractivity contribution < 1.29 is 18.9 Å². The van der Waals surface area contributed by atoms with Gasteiger partial charge in [0.25, 0.3) is 0 Å². The summed E-state index contributed by atoms with van der Waals surface area (Å²) in [6.45, 7) is 0. The quantitative estimate of drug-likeness (QED) is 0.852. The lowest BCUT2D eigenvalue weighted by molar-refractivity contribution is -0.120. The largest absolute Gasteiger partial charge is 0.478 e. The first-order valence-corrected chi connectivity index (χ1v) is 7.18. The standard InChI is InChI=1S/C11H12BrNO4S/c1-13-10(14)4-5-18(17)9-6-7(12)2-3-8(9)11(15)16/h2-3,6H,4-5H2,1H3,(H,13,14)(H,15,16). The predicted molar refractivity (Wildman–Crippen MR) is 71.1 cm³/mol. The molecule has 2 N–H and O–H groups in total. The second-order valence-electron chi connectivity index (χ2n) is 3.42. The van der Waals surface area contributed by atoms with Gasteiger partial charge >= 0.3 is 5.97 Å². The molecule has 0 aromatic heterocycles. The molecule has 1 amide bonds. The molecule has 0 radical (unpaired) electrons.